The third-order valence-corrected chi connectivity index (χ3v) is 3.81. The first-order chi connectivity index (χ1) is 8.04. The summed E-state index contributed by atoms with van der Waals surface area (Å²) in [5, 5.41) is 13.9. The fourth-order valence-electron chi connectivity index (χ4n) is 1.42. The molecule has 0 aliphatic rings. The lowest BCUT2D eigenvalue weighted by Crippen LogP contribution is -2.41. The first kappa shape index (κ1) is 14.2. The Morgan fingerprint density at radius 2 is 2.29 bits per heavy atom. The lowest BCUT2D eigenvalue weighted by molar-refractivity contribution is -0.123. The van der Waals surface area contributed by atoms with E-state index in [9.17, 15) is 4.79 Å². The summed E-state index contributed by atoms with van der Waals surface area (Å²) in [5.74, 6) is -0.0197. The average molecular weight is 256 g/mol. The van der Waals surface area contributed by atoms with Gasteiger partial charge in [-0.3, -0.25) is 9.69 Å². The van der Waals surface area contributed by atoms with Crippen molar-refractivity contribution < 1.29 is 9.90 Å². The maximum atomic E-state index is 11.7. The average Bonchev–Trinajstić information content (AvgIpc) is 2.80. The van der Waals surface area contributed by atoms with Crippen molar-refractivity contribution in [1.29, 1.82) is 0 Å². The van der Waals surface area contributed by atoms with Gasteiger partial charge in [-0.15, -0.1) is 11.3 Å². The predicted molar refractivity (Wildman–Crippen MR) is 70.1 cm³/mol. The molecule has 5 heteroatoms. The van der Waals surface area contributed by atoms with E-state index in [2.05, 4.69) is 5.32 Å². The van der Waals surface area contributed by atoms with Gasteiger partial charge in [0, 0.05) is 10.9 Å². The number of hydrogen-bond donors (Lipinski definition) is 2. The van der Waals surface area contributed by atoms with Crippen molar-refractivity contribution >= 4 is 17.2 Å². The molecule has 2 atom stereocenters. The number of aliphatic hydroxyl groups excluding tert-OH is 1. The molecule has 1 rings (SSSR count). The lowest BCUT2D eigenvalue weighted by Gasteiger charge is -2.23. The number of likely N-dealkylation sites (N-methyl/N-ethyl adjacent to an activating group) is 1. The maximum absolute atomic E-state index is 11.7. The fraction of sp³-hybridized carbons (Fsp3) is 0.583. The number of thiophene rings is 1. The molecular formula is C12H20N2O2S. The van der Waals surface area contributed by atoms with Crippen LogP contribution in [0.15, 0.2) is 17.5 Å². The number of hydrogen-bond acceptors (Lipinski definition) is 4. The summed E-state index contributed by atoms with van der Waals surface area (Å²) in [6, 6.07) is 4.02. The molecular weight excluding hydrogens is 236 g/mol. The Morgan fingerprint density at radius 3 is 2.82 bits per heavy atom. The molecule has 96 valence electrons. The highest BCUT2D eigenvalue weighted by molar-refractivity contribution is 7.10. The standard InChI is InChI=1S/C12H20N2O2S/c1-9(8-15)14(3)7-12(16)13-10(2)11-5-4-6-17-11/h4-6,9-10,15H,7-8H2,1-3H3,(H,13,16). The van der Waals surface area contributed by atoms with Crippen LogP contribution in [0, 0.1) is 0 Å². The largest absolute Gasteiger partial charge is 0.395 e. The molecule has 0 bridgehead atoms. The van der Waals surface area contributed by atoms with Gasteiger partial charge in [-0.1, -0.05) is 6.07 Å². The van der Waals surface area contributed by atoms with Crippen LogP contribution in [0.1, 0.15) is 24.8 Å². The minimum Gasteiger partial charge on any atom is -0.395 e. The maximum Gasteiger partial charge on any atom is 0.234 e. The number of aliphatic hydroxyl groups is 1. The van der Waals surface area contributed by atoms with Crippen LogP contribution in [-0.4, -0.2) is 42.2 Å². The van der Waals surface area contributed by atoms with Crippen LogP contribution in [0.3, 0.4) is 0 Å². The molecule has 0 radical (unpaired) electrons. The summed E-state index contributed by atoms with van der Waals surface area (Å²) < 4.78 is 0. The summed E-state index contributed by atoms with van der Waals surface area (Å²) in [6.45, 7) is 4.22. The van der Waals surface area contributed by atoms with E-state index in [1.807, 2.05) is 43.3 Å². The van der Waals surface area contributed by atoms with Gasteiger partial charge in [0.15, 0.2) is 0 Å². The second-order valence-electron chi connectivity index (χ2n) is 4.25. The van der Waals surface area contributed by atoms with Gasteiger partial charge in [-0.05, 0) is 32.3 Å². The summed E-state index contributed by atoms with van der Waals surface area (Å²) in [7, 11) is 1.83. The lowest BCUT2D eigenvalue weighted by atomic mass is 10.2. The Hall–Kier alpha value is -0.910. The van der Waals surface area contributed by atoms with Crippen molar-refractivity contribution in [2.75, 3.05) is 20.2 Å². The number of carbonyl (C=O) groups is 1. The molecule has 0 saturated carbocycles. The number of nitrogens with one attached hydrogen (secondary N) is 1. The third kappa shape index (κ3) is 4.46. The molecule has 0 saturated heterocycles. The minimum absolute atomic E-state index is 0.00204. The zero-order valence-corrected chi connectivity index (χ0v) is 11.3. The van der Waals surface area contributed by atoms with Crippen LogP contribution in [0.25, 0.3) is 0 Å². The quantitative estimate of drug-likeness (QED) is 0.805. The van der Waals surface area contributed by atoms with E-state index in [0.29, 0.717) is 6.54 Å². The number of rotatable bonds is 6. The first-order valence-electron chi connectivity index (χ1n) is 5.68. The van der Waals surface area contributed by atoms with E-state index in [4.69, 9.17) is 5.11 Å². The summed E-state index contributed by atoms with van der Waals surface area (Å²) in [5.41, 5.74) is 0. The zero-order valence-electron chi connectivity index (χ0n) is 10.5. The van der Waals surface area contributed by atoms with E-state index in [0.717, 1.165) is 4.88 Å². The fourth-order valence-corrected chi connectivity index (χ4v) is 2.15. The van der Waals surface area contributed by atoms with Crippen LogP contribution < -0.4 is 5.32 Å². The predicted octanol–water partition coefficient (Wildman–Crippen LogP) is 1.24. The van der Waals surface area contributed by atoms with E-state index < -0.39 is 0 Å². The number of carbonyl (C=O) groups excluding carboxylic acids is 1. The SMILES string of the molecule is CC(NC(=O)CN(C)C(C)CO)c1cccs1. The van der Waals surface area contributed by atoms with Gasteiger partial charge in [0.2, 0.25) is 5.91 Å². The first-order valence-corrected chi connectivity index (χ1v) is 6.56. The molecule has 0 aromatic carbocycles. The van der Waals surface area contributed by atoms with E-state index in [1.165, 1.54) is 0 Å². The van der Waals surface area contributed by atoms with Gasteiger partial charge in [-0.2, -0.15) is 0 Å². The van der Waals surface area contributed by atoms with Gasteiger partial charge in [0.25, 0.3) is 0 Å². The molecule has 4 nitrogen and oxygen atoms in total. The monoisotopic (exact) mass is 256 g/mol. The summed E-state index contributed by atoms with van der Waals surface area (Å²) in [4.78, 5) is 14.7. The van der Waals surface area contributed by atoms with E-state index in [1.54, 1.807) is 11.3 Å². The second-order valence-corrected chi connectivity index (χ2v) is 5.23. The number of amides is 1. The minimum atomic E-state index is -0.0197. The highest BCUT2D eigenvalue weighted by Crippen LogP contribution is 2.17. The van der Waals surface area contributed by atoms with Crippen molar-refractivity contribution in [3.8, 4) is 0 Å². The van der Waals surface area contributed by atoms with Gasteiger partial charge >= 0.3 is 0 Å². The molecule has 0 aliphatic heterocycles. The number of nitrogens with zero attached hydrogens (tertiary/aromatic N) is 1. The van der Waals surface area contributed by atoms with Gasteiger partial charge in [0.05, 0.1) is 19.2 Å². The smallest absolute Gasteiger partial charge is 0.234 e. The van der Waals surface area contributed by atoms with E-state index >= 15 is 0 Å². The Bertz CT molecular complexity index is 340. The van der Waals surface area contributed by atoms with Gasteiger partial charge in [0.1, 0.15) is 0 Å². The molecule has 1 aromatic heterocycles. The van der Waals surface area contributed by atoms with Crippen LogP contribution >= 0.6 is 11.3 Å². The van der Waals surface area contributed by atoms with Crippen LogP contribution in [0.4, 0.5) is 0 Å². The van der Waals surface area contributed by atoms with Crippen LogP contribution in [-0.2, 0) is 4.79 Å². The molecule has 1 amide bonds. The van der Waals surface area contributed by atoms with Gasteiger partial charge < -0.3 is 10.4 Å². The molecule has 2 N–H and O–H groups in total. The zero-order chi connectivity index (χ0) is 12.8. The van der Waals surface area contributed by atoms with Crippen molar-refractivity contribution in [1.82, 2.24) is 10.2 Å². The molecule has 0 fully saturated rings. The topological polar surface area (TPSA) is 52.6 Å². The molecule has 2 unspecified atom stereocenters. The van der Waals surface area contributed by atoms with Gasteiger partial charge in [-0.25, -0.2) is 0 Å². The second kappa shape index (κ2) is 6.74. The Morgan fingerprint density at radius 1 is 1.59 bits per heavy atom. The van der Waals surface area contributed by atoms with Crippen molar-refractivity contribution in [2.24, 2.45) is 0 Å². The highest BCUT2D eigenvalue weighted by atomic mass is 32.1. The molecule has 1 heterocycles. The van der Waals surface area contributed by atoms with Crippen LogP contribution in [0.2, 0.25) is 0 Å². The molecule has 0 aliphatic carbocycles. The Labute approximate surface area is 106 Å². The molecule has 1 aromatic rings. The third-order valence-electron chi connectivity index (χ3n) is 2.76. The molecule has 0 spiro atoms. The summed E-state index contributed by atoms with van der Waals surface area (Å²) in [6.07, 6.45) is 0. The molecule has 17 heavy (non-hydrogen) atoms. The summed E-state index contributed by atoms with van der Waals surface area (Å²) >= 11 is 1.63. The van der Waals surface area contributed by atoms with Crippen LogP contribution in [0.5, 0.6) is 0 Å². The highest BCUT2D eigenvalue weighted by Gasteiger charge is 2.14. The van der Waals surface area contributed by atoms with Crippen molar-refractivity contribution in [3.05, 3.63) is 22.4 Å². The Balaban J connectivity index is 2.39. The Kier molecular flexibility index (Phi) is 5.61. The van der Waals surface area contributed by atoms with Crippen molar-refractivity contribution in [2.45, 2.75) is 25.9 Å². The normalized spacial score (nSPS) is 14.6. The van der Waals surface area contributed by atoms with E-state index in [-0.39, 0.29) is 24.6 Å². The van der Waals surface area contributed by atoms with Crippen molar-refractivity contribution in [3.63, 3.8) is 0 Å².